The number of nitrogens with zero attached hydrogens (tertiary/aromatic N) is 3. The van der Waals surface area contributed by atoms with Crippen LogP contribution < -0.4 is 15.4 Å². The summed E-state index contributed by atoms with van der Waals surface area (Å²) < 4.78 is 43.1. The van der Waals surface area contributed by atoms with E-state index in [1.54, 1.807) is 18.4 Å². The second-order valence-corrected chi connectivity index (χ2v) is 7.15. The van der Waals surface area contributed by atoms with E-state index < -0.39 is 11.7 Å². The quantitative estimate of drug-likeness (QED) is 0.424. The molecule has 0 atom stereocenters. The van der Waals surface area contributed by atoms with Crippen LogP contribution in [0.2, 0.25) is 5.02 Å². The number of thiazole rings is 1. The van der Waals surface area contributed by atoms with Crippen molar-refractivity contribution in [2.24, 2.45) is 4.99 Å². The molecule has 0 amide bonds. The molecule has 0 spiro atoms. The Labute approximate surface area is 163 Å². The lowest BCUT2D eigenvalue weighted by Crippen LogP contribution is -2.38. The summed E-state index contributed by atoms with van der Waals surface area (Å²) in [6, 6.07) is 0.789. The minimum Gasteiger partial charge on any atom is -0.475 e. The fourth-order valence-corrected chi connectivity index (χ4v) is 3.22. The van der Waals surface area contributed by atoms with Crippen LogP contribution in [0.5, 0.6) is 5.88 Å². The third-order valence-corrected chi connectivity index (χ3v) is 4.75. The smallest absolute Gasteiger partial charge is 0.417 e. The van der Waals surface area contributed by atoms with E-state index in [0.717, 1.165) is 21.6 Å². The van der Waals surface area contributed by atoms with Gasteiger partial charge in [0.05, 0.1) is 29.4 Å². The lowest BCUT2D eigenvalue weighted by molar-refractivity contribution is -0.137. The Balaban J connectivity index is 1.79. The molecule has 2 heterocycles. The van der Waals surface area contributed by atoms with Crippen molar-refractivity contribution < 1.29 is 17.9 Å². The normalized spacial score (nSPS) is 12.2. The van der Waals surface area contributed by atoms with Crippen molar-refractivity contribution in [2.45, 2.75) is 26.6 Å². The third-order valence-electron chi connectivity index (χ3n) is 3.41. The Kier molecular flexibility index (Phi) is 7.25. The first-order valence-electron chi connectivity index (χ1n) is 7.93. The molecule has 0 aliphatic heterocycles. The molecule has 27 heavy (non-hydrogen) atoms. The minimum atomic E-state index is -4.50. The maximum absolute atomic E-state index is 12.6. The molecule has 0 saturated heterocycles. The van der Waals surface area contributed by atoms with Crippen molar-refractivity contribution in [3.63, 3.8) is 0 Å². The average molecular weight is 422 g/mol. The van der Waals surface area contributed by atoms with Crippen molar-refractivity contribution in [3.05, 3.63) is 38.4 Å². The van der Waals surface area contributed by atoms with E-state index in [-0.39, 0.29) is 17.5 Å². The molecule has 0 aliphatic carbocycles. The lowest BCUT2D eigenvalue weighted by atomic mass is 10.3. The van der Waals surface area contributed by atoms with E-state index in [2.05, 4.69) is 25.6 Å². The van der Waals surface area contributed by atoms with Gasteiger partial charge in [0, 0.05) is 18.1 Å². The Morgan fingerprint density at radius 2 is 2.07 bits per heavy atom. The molecule has 2 rings (SSSR count). The Bertz CT molecular complexity index is 810. The highest BCUT2D eigenvalue weighted by Gasteiger charge is 2.31. The van der Waals surface area contributed by atoms with Gasteiger partial charge in [-0.05, 0) is 19.9 Å². The molecule has 0 saturated carbocycles. The van der Waals surface area contributed by atoms with Gasteiger partial charge in [-0.25, -0.2) is 9.97 Å². The number of hydrogen-bond acceptors (Lipinski definition) is 5. The number of ether oxygens (including phenoxy) is 1. The summed E-state index contributed by atoms with van der Waals surface area (Å²) in [5.74, 6) is 0.515. The van der Waals surface area contributed by atoms with E-state index in [9.17, 15) is 13.2 Å². The number of alkyl halides is 3. The summed E-state index contributed by atoms with van der Waals surface area (Å²) in [6.07, 6.45) is -3.81. The molecule has 6 nitrogen and oxygen atoms in total. The molecule has 2 aromatic heterocycles. The largest absolute Gasteiger partial charge is 0.475 e. The Hall–Kier alpha value is -2.07. The van der Waals surface area contributed by atoms with Crippen LogP contribution in [0.3, 0.4) is 0 Å². The number of aromatic nitrogens is 2. The van der Waals surface area contributed by atoms with Crippen LogP contribution in [0, 0.1) is 13.8 Å². The lowest BCUT2D eigenvalue weighted by Gasteiger charge is -2.13. The second kappa shape index (κ2) is 9.23. The molecule has 0 bridgehead atoms. The van der Waals surface area contributed by atoms with Crippen LogP contribution in [0.25, 0.3) is 0 Å². The predicted molar refractivity (Wildman–Crippen MR) is 99.5 cm³/mol. The first kappa shape index (κ1) is 21.2. The highest BCUT2D eigenvalue weighted by molar-refractivity contribution is 7.11. The fraction of sp³-hybridized carbons (Fsp3) is 0.438. The zero-order chi connectivity index (χ0) is 20.0. The van der Waals surface area contributed by atoms with Gasteiger partial charge in [-0.2, -0.15) is 13.2 Å². The SMILES string of the molecule is CN=C(NCCOc1ncc(C(F)(F)F)cc1Cl)NCc1sc(C)nc1C. The number of nitrogens with one attached hydrogen (secondary N) is 2. The molecule has 0 radical (unpaired) electrons. The van der Waals surface area contributed by atoms with E-state index >= 15 is 0 Å². The standard InChI is InChI=1S/C16H19ClF3N5OS/c1-9-13(27-10(2)25-9)8-24-15(21-3)22-4-5-26-14-12(17)6-11(7-23-14)16(18,19)20/h6-7H,4-5,8H2,1-3H3,(H2,21,22,24). The second-order valence-electron chi connectivity index (χ2n) is 5.45. The summed E-state index contributed by atoms with van der Waals surface area (Å²) in [4.78, 5) is 13.2. The minimum absolute atomic E-state index is 0.0508. The molecular formula is C16H19ClF3N5OS. The summed E-state index contributed by atoms with van der Waals surface area (Å²) in [5, 5.41) is 7.01. The number of hydrogen-bond donors (Lipinski definition) is 2. The van der Waals surface area contributed by atoms with E-state index in [1.165, 1.54) is 0 Å². The molecule has 0 unspecified atom stereocenters. The van der Waals surface area contributed by atoms with Crippen LogP contribution >= 0.6 is 22.9 Å². The number of pyridine rings is 1. The monoisotopic (exact) mass is 421 g/mol. The highest BCUT2D eigenvalue weighted by atomic mass is 35.5. The summed E-state index contributed by atoms with van der Waals surface area (Å²) in [5.41, 5.74) is 0.0583. The number of rotatable bonds is 6. The van der Waals surface area contributed by atoms with Crippen LogP contribution in [0.15, 0.2) is 17.3 Å². The van der Waals surface area contributed by atoms with E-state index in [4.69, 9.17) is 16.3 Å². The van der Waals surface area contributed by atoms with E-state index in [0.29, 0.717) is 25.2 Å². The van der Waals surface area contributed by atoms with Crippen molar-refractivity contribution in [2.75, 3.05) is 20.2 Å². The van der Waals surface area contributed by atoms with Gasteiger partial charge in [0.15, 0.2) is 5.96 Å². The third kappa shape index (κ3) is 6.24. The molecule has 0 aliphatic rings. The maximum atomic E-state index is 12.6. The van der Waals surface area contributed by atoms with Gasteiger partial charge in [-0.1, -0.05) is 11.6 Å². The van der Waals surface area contributed by atoms with Crippen molar-refractivity contribution in [1.82, 2.24) is 20.6 Å². The zero-order valence-electron chi connectivity index (χ0n) is 14.9. The first-order valence-corrected chi connectivity index (χ1v) is 9.13. The molecule has 148 valence electrons. The maximum Gasteiger partial charge on any atom is 0.417 e. The number of aryl methyl sites for hydroxylation is 2. The summed E-state index contributed by atoms with van der Waals surface area (Å²) >= 11 is 7.40. The Morgan fingerprint density at radius 1 is 1.33 bits per heavy atom. The zero-order valence-corrected chi connectivity index (χ0v) is 16.5. The fourth-order valence-electron chi connectivity index (χ4n) is 2.13. The molecular weight excluding hydrogens is 403 g/mol. The van der Waals surface area contributed by atoms with Crippen molar-refractivity contribution >= 4 is 28.9 Å². The molecule has 0 aromatic carbocycles. The van der Waals surface area contributed by atoms with Crippen molar-refractivity contribution in [3.8, 4) is 5.88 Å². The highest BCUT2D eigenvalue weighted by Crippen LogP contribution is 2.32. The van der Waals surface area contributed by atoms with Gasteiger partial charge >= 0.3 is 6.18 Å². The number of aliphatic imine (C=N–C) groups is 1. The molecule has 2 N–H and O–H groups in total. The topological polar surface area (TPSA) is 71.4 Å². The number of halogens is 4. The molecule has 0 fully saturated rings. The summed E-state index contributed by atoms with van der Waals surface area (Å²) in [6.45, 7) is 5.00. The van der Waals surface area contributed by atoms with Gasteiger partial charge in [0.25, 0.3) is 0 Å². The van der Waals surface area contributed by atoms with Gasteiger partial charge in [0.1, 0.15) is 11.6 Å². The van der Waals surface area contributed by atoms with Gasteiger partial charge in [-0.3, -0.25) is 4.99 Å². The van der Waals surface area contributed by atoms with Gasteiger partial charge in [-0.15, -0.1) is 11.3 Å². The van der Waals surface area contributed by atoms with E-state index in [1.807, 2.05) is 13.8 Å². The van der Waals surface area contributed by atoms with Gasteiger partial charge < -0.3 is 15.4 Å². The van der Waals surface area contributed by atoms with Crippen LogP contribution in [-0.2, 0) is 12.7 Å². The Morgan fingerprint density at radius 3 is 2.63 bits per heavy atom. The van der Waals surface area contributed by atoms with Crippen LogP contribution in [-0.4, -0.2) is 36.1 Å². The van der Waals surface area contributed by atoms with Crippen LogP contribution in [0.4, 0.5) is 13.2 Å². The van der Waals surface area contributed by atoms with Crippen LogP contribution in [0.1, 0.15) is 21.1 Å². The average Bonchev–Trinajstić information content (AvgIpc) is 2.92. The predicted octanol–water partition coefficient (Wildman–Crippen LogP) is 3.57. The first-order chi connectivity index (χ1) is 12.7. The molecule has 11 heteroatoms. The van der Waals surface area contributed by atoms with Gasteiger partial charge in [0.2, 0.25) is 5.88 Å². The number of guanidine groups is 1. The molecule has 2 aromatic rings. The van der Waals surface area contributed by atoms with Crippen molar-refractivity contribution in [1.29, 1.82) is 0 Å². The summed E-state index contributed by atoms with van der Waals surface area (Å²) in [7, 11) is 1.63.